The molecule has 1 amide bonds. The number of rotatable bonds is 4. The first kappa shape index (κ1) is 12.5. The van der Waals surface area contributed by atoms with Gasteiger partial charge in [-0.15, -0.1) is 0 Å². The highest BCUT2D eigenvalue weighted by Gasteiger charge is 2.10. The predicted molar refractivity (Wildman–Crippen MR) is 57.2 cm³/mol. The second kappa shape index (κ2) is 5.48. The van der Waals surface area contributed by atoms with Crippen LogP contribution >= 0.6 is 11.6 Å². The third-order valence-electron chi connectivity index (χ3n) is 1.73. The maximum absolute atomic E-state index is 11.4. The molecule has 0 aliphatic heterocycles. The molecule has 0 aliphatic rings. The molecule has 0 saturated carbocycles. The van der Waals surface area contributed by atoms with Gasteiger partial charge in [0.05, 0.1) is 10.6 Å². The summed E-state index contributed by atoms with van der Waals surface area (Å²) in [5, 5.41) is 8.57. The smallest absolute Gasteiger partial charge is 0.332 e. The van der Waals surface area contributed by atoms with Crippen LogP contribution < -0.4 is 5.48 Å². The number of aliphatic carboxylic acids is 1. The van der Waals surface area contributed by atoms with E-state index in [9.17, 15) is 9.59 Å². The molecule has 1 aromatic rings. The van der Waals surface area contributed by atoms with Crippen molar-refractivity contribution >= 4 is 23.5 Å². The van der Waals surface area contributed by atoms with Crippen molar-refractivity contribution in [2.75, 3.05) is 6.61 Å². The molecular weight excluding hydrogens is 234 g/mol. The highest BCUT2D eigenvalue weighted by Crippen LogP contribution is 2.17. The molecule has 1 aromatic carbocycles. The lowest BCUT2D eigenvalue weighted by molar-refractivity contribution is -0.144. The molecule has 5 nitrogen and oxygen atoms in total. The lowest BCUT2D eigenvalue weighted by atomic mass is 10.1. The minimum Gasteiger partial charge on any atom is -0.479 e. The Morgan fingerprint density at radius 1 is 1.50 bits per heavy atom. The Bertz CT molecular complexity index is 419. The standard InChI is InChI=1S/C10H10ClNO4/c1-6-2-3-7(8(11)4-6)10(15)12-16-5-9(13)14/h2-4H,5H2,1H3,(H,12,15)(H,13,14). The predicted octanol–water partition coefficient (Wildman–Crippen LogP) is 1.39. The van der Waals surface area contributed by atoms with Crippen molar-refractivity contribution in [1.82, 2.24) is 5.48 Å². The van der Waals surface area contributed by atoms with Gasteiger partial charge in [-0.2, -0.15) is 0 Å². The van der Waals surface area contributed by atoms with Gasteiger partial charge < -0.3 is 5.11 Å². The second-order valence-electron chi connectivity index (χ2n) is 3.10. The first-order chi connectivity index (χ1) is 7.50. The Labute approximate surface area is 96.9 Å². The van der Waals surface area contributed by atoms with Crippen molar-refractivity contribution < 1.29 is 19.5 Å². The van der Waals surface area contributed by atoms with Crippen molar-refractivity contribution in [2.45, 2.75) is 6.92 Å². The molecule has 86 valence electrons. The molecular formula is C10H10ClNO4. The molecule has 0 saturated heterocycles. The van der Waals surface area contributed by atoms with Crippen molar-refractivity contribution in [2.24, 2.45) is 0 Å². The molecule has 16 heavy (non-hydrogen) atoms. The Morgan fingerprint density at radius 3 is 2.75 bits per heavy atom. The summed E-state index contributed by atoms with van der Waals surface area (Å²) >= 11 is 5.83. The van der Waals surface area contributed by atoms with Gasteiger partial charge in [0, 0.05) is 0 Å². The number of hydrogen-bond donors (Lipinski definition) is 2. The largest absolute Gasteiger partial charge is 0.479 e. The number of carbonyl (C=O) groups excluding carboxylic acids is 1. The van der Waals surface area contributed by atoms with Crippen LogP contribution in [0.2, 0.25) is 5.02 Å². The zero-order valence-corrected chi connectivity index (χ0v) is 9.25. The van der Waals surface area contributed by atoms with E-state index in [-0.39, 0.29) is 10.6 Å². The van der Waals surface area contributed by atoms with Gasteiger partial charge in [-0.3, -0.25) is 9.63 Å². The lowest BCUT2D eigenvalue weighted by Gasteiger charge is -2.06. The SMILES string of the molecule is Cc1ccc(C(=O)NOCC(=O)O)c(Cl)c1. The van der Waals surface area contributed by atoms with E-state index < -0.39 is 18.5 Å². The van der Waals surface area contributed by atoms with Crippen LogP contribution in [0.3, 0.4) is 0 Å². The molecule has 0 spiro atoms. The highest BCUT2D eigenvalue weighted by atomic mass is 35.5. The topological polar surface area (TPSA) is 75.6 Å². The van der Waals surface area contributed by atoms with Gasteiger partial charge in [-0.05, 0) is 24.6 Å². The minimum atomic E-state index is -1.17. The number of hydrogen-bond acceptors (Lipinski definition) is 3. The first-order valence-electron chi connectivity index (χ1n) is 4.41. The molecule has 0 bridgehead atoms. The summed E-state index contributed by atoms with van der Waals surface area (Å²) in [5.74, 6) is -1.75. The molecule has 0 heterocycles. The number of nitrogens with one attached hydrogen (secondary N) is 1. The van der Waals surface area contributed by atoms with Crippen molar-refractivity contribution in [3.63, 3.8) is 0 Å². The molecule has 6 heteroatoms. The zero-order chi connectivity index (χ0) is 12.1. The molecule has 2 N–H and O–H groups in total. The van der Waals surface area contributed by atoms with Gasteiger partial charge >= 0.3 is 5.97 Å². The van der Waals surface area contributed by atoms with Crippen LogP contribution in [-0.2, 0) is 9.63 Å². The highest BCUT2D eigenvalue weighted by molar-refractivity contribution is 6.33. The van der Waals surface area contributed by atoms with E-state index in [0.29, 0.717) is 0 Å². The Morgan fingerprint density at radius 2 is 2.19 bits per heavy atom. The van der Waals surface area contributed by atoms with E-state index in [1.165, 1.54) is 6.07 Å². The average molecular weight is 244 g/mol. The number of amides is 1. The maximum Gasteiger partial charge on any atom is 0.332 e. The number of halogens is 1. The summed E-state index contributed by atoms with van der Waals surface area (Å²) in [6.07, 6.45) is 0. The fourth-order valence-electron chi connectivity index (χ4n) is 1.02. The normalized spacial score (nSPS) is 9.88. The molecule has 0 atom stereocenters. The van der Waals surface area contributed by atoms with Crippen LogP contribution in [0.15, 0.2) is 18.2 Å². The Hall–Kier alpha value is -1.59. The summed E-state index contributed by atoms with van der Waals surface area (Å²) in [6.45, 7) is 1.24. The third-order valence-corrected chi connectivity index (χ3v) is 2.04. The summed E-state index contributed by atoms with van der Waals surface area (Å²) < 4.78 is 0. The van der Waals surface area contributed by atoms with Gasteiger partial charge in [0.25, 0.3) is 5.91 Å². The van der Waals surface area contributed by atoms with Gasteiger partial charge in [-0.1, -0.05) is 17.7 Å². The van der Waals surface area contributed by atoms with Crippen LogP contribution in [-0.4, -0.2) is 23.6 Å². The average Bonchev–Trinajstić information content (AvgIpc) is 2.16. The summed E-state index contributed by atoms with van der Waals surface area (Å²) in [5.41, 5.74) is 3.14. The Kier molecular flexibility index (Phi) is 4.28. The third kappa shape index (κ3) is 3.52. The summed E-state index contributed by atoms with van der Waals surface area (Å²) in [4.78, 5) is 26.0. The van der Waals surface area contributed by atoms with Crippen LogP contribution in [0.4, 0.5) is 0 Å². The Balaban J connectivity index is 2.63. The van der Waals surface area contributed by atoms with Gasteiger partial charge in [-0.25, -0.2) is 10.3 Å². The van der Waals surface area contributed by atoms with E-state index in [4.69, 9.17) is 16.7 Å². The zero-order valence-electron chi connectivity index (χ0n) is 8.49. The lowest BCUT2D eigenvalue weighted by Crippen LogP contribution is -2.26. The summed E-state index contributed by atoms with van der Waals surface area (Å²) in [6, 6.07) is 4.89. The number of benzene rings is 1. The monoisotopic (exact) mass is 243 g/mol. The van der Waals surface area contributed by atoms with Crippen LogP contribution in [0, 0.1) is 6.92 Å². The number of carboxylic acid groups (broad SMARTS) is 1. The van der Waals surface area contributed by atoms with E-state index in [1.807, 2.05) is 12.4 Å². The molecule has 0 aromatic heterocycles. The van der Waals surface area contributed by atoms with Crippen LogP contribution in [0.1, 0.15) is 15.9 Å². The van der Waals surface area contributed by atoms with Gasteiger partial charge in [0.1, 0.15) is 0 Å². The number of aryl methyl sites for hydroxylation is 1. The van der Waals surface area contributed by atoms with Crippen molar-refractivity contribution in [1.29, 1.82) is 0 Å². The second-order valence-corrected chi connectivity index (χ2v) is 3.50. The molecule has 1 rings (SSSR count). The first-order valence-corrected chi connectivity index (χ1v) is 4.78. The molecule has 0 radical (unpaired) electrons. The van der Waals surface area contributed by atoms with Crippen LogP contribution in [0.5, 0.6) is 0 Å². The van der Waals surface area contributed by atoms with Gasteiger partial charge in [0.15, 0.2) is 6.61 Å². The van der Waals surface area contributed by atoms with Crippen LogP contribution in [0.25, 0.3) is 0 Å². The quantitative estimate of drug-likeness (QED) is 0.784. The maximum atomic E-state index is 11.4. The van der Waals surface area contributed by atoms with E-state index in [0.717, 1.165) is 5.56 Å². The van der Waals surface area contributed by atoms with E-state index in [2.05, 4.69) is 4.84 Å². The fraction of sp³-hybridized carbons (Fsp3) is 0.200. The molecule has 0 fully saturated rings. The van der Waals surface area contributed by atoms with Crippen molar-refractivity contribution in [3.8, 4) is 0 Å². The summed E-state index contributed by atoms with van der Waals surface area (Å²) in [7, 11) is 0. The number of carbonyl (C=O) groups is 2. The van der Waals surface area contributed by atoms with E-state index >= 15 is 0 Å². The van der Waals surface area contributed by atoms with Gasteiger partial charge in [0.2, 0.25) is 0 Å². The fourth-order valence-corrected chi connectivity index (χ4v) is 1.34. The molecule has 0 aliphatic carbocycles. The van der Waals surface area contributed by atoms with E-state index in [1.54, 1.807) is 12.1 Å². The number of hydroxylamine groups is 1. The minimum absolute atomic E-state index is 0.234. The number of carboxylic acids is 1. The molecule has 0 unspecified atom stereocenters. The van der Waals surface area contributed by atoms with Crippen molar-refractivity contribution in [3.05, 3.63) is 34.3 Å².